The lowest BCUT2D eigenvalue weighted by molar-refractivity contribution is 0.0600. The largest absolute Gasteiger partial charge is 0.329 e. The smallest absolute Gasteiger partial charge is 0.272 e. The van der Waals surface area contributed by atoms with Crippen LogP contribution in [0.5, 0.6) is 0 Å². The third-order valence-corrected chi connectivity index (χ3v) is 4.41. The van der Waals surface area contributed by atoms with Gasteiger partial charge in [0.05, 0.1) is 17.4 Å². The normalized spacial score (nSPS) is 17.8. The van der Waals surface area contributed by atoms with Crippen molar-refractivity contribution in [3.63, 3.8) is 0 Å². The second-order valence-corrected chi connectivity index (χ2v) is 5.93. The molecule has 7 heteroatoms. The van der Waals surface area contributed by atoms with Crippen LogP contribution in [0.4, 0.5) is 0 Å². The van der Waals surface area contributed by atoms with Gasteiger partial charge in [0.25, 0.3) is 5.91 Å². The summed E-state index contributed by atoms with van der Waals surface area (Å²) in [6.07, 6.45) is 8.24. The molecule has 1 fully saturated rings. The molecule has 0 bridgehead atoms. The van der Waals surface area contributed by atoms with Crippen LogP contribution in [0.15, 0.2) is 42.9 Å². The minimum atomic E-state index is -0.0306. The Morgan fingerprint density at radius 3 is 2.96 bits per heavy atom. The Balaban J connectivity index is 1.59. The Morgan fingerprint density at radius 1 is 1.21 bits per heavy atom. The van der Waals surface area contributed by atoms with Crippen molar-refractivity contribution >= 4 is 5.91 Å². The lowest BCUT2D eigenvalue weighted by Gasteiger charge is -2.34. The van der Waals surface area contributed by atoms with E-state index in [1.54, 1.807) is 24.7 Å². The minimum absolute atomic E-state index is 0.0306. The first-order valence-corrected chi connectivity index (χ1v) is 8.09. The van der Waals surface area contributed by atoms with Gasteiger partial charge in [0.15, 0.2) is 0 Å². The van der Waals surface area contributed by atoms with Gasteiger partial charge in [-0.25, -0.2) is 0 Å². The molecule has 4 heterocycles. The average molecular weight is 322 g/mol. The first kappa shape index (κ1) is 14.6. The van der Waals surface area contributed by atoms with Gasteiger partial charge in [-0.2, -0.15) is 10.2 Å². The summed E-state index contributed by atoms with van der Waals surface area (Å²) in [7, 11) is 0. The Labute approximate surface area is 139 Å². The number of hydrogen-bond acceptors (Lipinski definition) is 4. The van der Waals surface area contributed by atoms with Crippen LogP contribution < -0.4 is 0 Å². The van der Waals surface area contributed by atoms with Crippen LogP contribution in [0.1, 0.15) is 41.5 Å². The SMILES string of the molecule is O=C(c1cc(-c2cccnc2)n[nH]1)N1CCCCC1c1ccn[nH]1. The van der Waals surface area contributed by atoms with Crippen molar-refractivity contribution in [1.82, 2.24) is 30.3 Å². The molecule has 1 amide bonds. The highest BCUT2D eigenvalue weighted by Gasteiger charge is 2.30. The van der Waals surface area contributed by atoms with E-state index in [9.17, 15) is 4.79 Å². The van der Waals surface area contributed by atoms with Gasteiger partial charge in [0, 0.05) is 30.7 Å². The zero-order valence-corrected chi connectivity index (χ0v) is 13.1. The van der Waals surface area contributed by atoms with Crippen molar-refractivity contribution < 1.29 is 4.79 Å². The monoisotopic (exact) mass is 322 g/mol. The number of carbonyl (C=O) groups excluding carboxylic acids is 1. The summed E-state index contributed by atoms with van der Waals surface area (Å²) >= 11 is 0. The maximum atomic E-state index is 13.0. The molecule has 1 atom stereocenters. The summed E-state index contributed by atoms with van der Waals surface area (Å²) in [6.45, 7) is 0.740. The number of H-pyrrole nitrogens is 2. The van der Waals surface area contributed by atoms with Crippen LogP contribution in [0.3, 0.4) is 0 Å². The summed E-state index contributed by atoms with van der Waals surface area (Å²) in [5.41, 5.74) is 3.09. The van der Waals surface area contributed by atoms with Crippen molar-refractivity contribution in [3.8, 4) is 11.3 Å². The lowest BCUT2D eigenvalue weighted by Crippen LogP contribution is -2.38. The van der Waals surface area contributed by atoms with Crippen LogP contribution in [0, 0.1) is 0 Å². The van der Waals surface area contributed by atoms with Crippen molar-refractivity contribution in [1.29, 1.82) is 0 Å². The number of likely N-dealkylation sites (tertiary alicyclic amines) is 1. The van der Waals surface area contributed by atoms with Crippen molar-refractivity contribution in [2.24, 2.45) is 0 Å². The zero-order valence-electron chi connectivity index (χ0n) is 13.1. The number of hydrogen-bond donors (Lipinski definition) is 2. The van der Waals surface area contributed by atoms with E-state index in [1.165, 1.54) is 0 Å². The van der Waals surface area contributed by atoms with Crippen LogP contribution in [0.25, 0.3) is 11.3 Å². The van der Waals surface area contributed by atoms with Crippen LogP contribution in [-0.4, -0.2) is 42.7 Å². The summed E-state index contributed by atoms with van der Waals surface area (Å²) in [4.78, 5) is 18.9. The molecule has 0 radical (unpaired) electrons. The van der Waals surface area contributed by atoms with Crippen molar-refractivity contribution in [2.75, 3.05) is 6.54 Å². The topological polar surface area (TPSA) is 90.6 Å². The Bertz CT molecular complexity index is 811. The van der Waals surface area contributed by atoms with Gasteiger partial charge in [-0.3, -0.25) is 20.0 Å². The molecule has 3 aromatic heterocycles. The minimum Gasteiger partial charge on any atom is -0.329 e. The fourth-order valence-electron chi connectivity index (χ4n) is 3.20. The Morgan fingerprint density at radius 2 is 2.17 bits per heavy atom. The van der Waals surface area contributed by atoms with E-state index < -0.39 is 0 Å². The summed E-state index contributed by atoms with van der Waals surface area (Å²) in [5.74, 6) is -0.0306. The summed E-state index contributed by atoms with van der Waals surface area (Å²) < 4.78 is 0. The number of rotatable bonds is 3. The van der Waals surface area contributed by atoms with Crippen molar-refractivity contribution in [2.45, 2.75) is 25.3 Å². The fourth-order valence-corrected chi connectivity index (χ4v) is 3.20. The molecule has 0 saturated carbocycles. The molecule has 2 N–H and O–H groups in total. The number of piperidine rings is 1. The Hall–Kier alpha value is -2.96. The van der Waals surface area contributed by atoms with Gasteiger partial charge in [-0.15, -0.1) is 0 Å². The standard InChI is InChI=1S/C17H18N6O/c24-17(15-10-14(21-22-15)12-4-3-7-18-11-12)23-9-2-1-5-16(23)13-6-8-19-20-13/h3-4,6-8,10-11,16H,1-2,5,9H2,(H,19,20)(H,21,22). The molecule has 0 spiro atoms. The molecule has 1 aliphatic rings. The van der Waals surface area contributed by atoms with Gasteiger partial charge in [-0.05, 0) is 43.5 Å². The van der Waals surface area contributed by atoms with Gasteiger partial charge in [0.1, 0.15) is 5.69 Å². The third-order valence-electron chi connectivity index (χ3n) is 4.41. The second kappa shape index (κ2) is 6.27. The quantitative estimate of drug-likeness (QED) is 0.775. The molecular weight excluding hydrogens is 304 g/mol. The first-order chi connectivity index (χ1) is 11.8. The maximum Gasteiger partial charge on any atom is 0.272 e. The highest BCUT2D eigenvalue weighted by molar-refractivity contribution is 5.93. The van der Waals surface area contributed by atoms with Gasteiger partial charge >= 0.3 is 0 Å². The van der Waals surface area contributed by atoms with E-state index in [4.69, 9.17) is 0 Å². The first-order valence-electron chi connectivity index (χ1n) is 8.09. The molecule has 1 unspecified atom stereocenters. The van der Waals surface area contributed by atoms with E-state index in [0.717, 1.165) is 42.8 Å². The van der Waals surface area contributed by atoms with Crippen molar-refractivity contribution in [3.05, 3.63) is 54.2 Å². The van der Waals surface area contributed by atoms with Crippen LogP contribution >= 0.6 is 0 Å². The van der Waals surface area contributed by atoms with E-state index in [1.807, 2.05) is 23.1 Å². The van der Waals surface area contributed by atoms with Gasteiger partial charge in [-0.1, -0.05) is 0 Å². The molecule has 24 heavy (non-hydrogen) atoms. The van der Waals surface area contributed by atoms with Gasteiger partial charge < -0.3 is 4.90 Å². The van der Waals surface area contributed by atoms with Gasteiger partial charge in [0.2, 0.25) is 0 Å². The summed E-state index contributed by atoms with van der Waals surface area (Å²) in [5, 5.41) is 14.1. The van der Waals surface area contributed by atoms with E-state index in [2.05, 4.69) is 25.4 Å². The number of pyridine rings is 1. The lowest BCUT2D eigenvalue weighted by atomic mass is 9.99. The fraction of sp³-hybridized carbons (Fsp3) is 0.294. The molecule has 122 valence electrons. The molecule has 0 aromatic carbocycles. The Kier molecular flexibility index (Phi) is 3.82. The molecule has 1 aliphatic heterocycles. The predicted octanol–water partition coefficient (Wildman–Crippen LogP) is 2.56. The molecule has 0 aliphatic carbocycles. The van der Waals surface area contributed by atoms with Crippen LogP contribution in [0.2, 0.25) is 0 Å². The van der Waals surface area contributed by atoms with E-state index in [-0.39, 0.29) is 11.9 Å². The number of nitrogens with one attached hydrogen (secondary N) is 2. The average Bonchev–Trinajstić information content (AvgIpc) is 3.34. The second-order valence-electron chi connectivity index (χ2n) is 5.93. The predicted molar refractivity (Wildman–Crippen MR) is 88.0 cm³/mol. The van der Waals surface area contributed by atoms with E-state index >= 15 is 0 Å². The highest BCUT2D eigenvalue weighted by atomic mass is 16.2. The molecular formula is C17H18N6O. The number of amides is 1. The van der Waals surface area contributed by atoms with E-state index in [0.29, 0.717) is 5.69 Å². The molecule has 1 saturated heterocycles. The summed E-state index contributed by atoms with van der Waals surface area (Å²) in [6, 6.07) is 7.54. The highest BCUT2D eigenvalue weighted by Crippen LogP contribution is 2.31. The number of nitrogens with zero attached hydrogens (tertiary/aromatic N) is 4. The zero-order chi connectivity index (χ0) is 16.4. The third kappa shape index (κ3) is 2.68. The molecule has 7 nitrogen and oxygen atoms in total. The van der Waals surface area contributed by atoms with Crippen LogP contribution in [-0.2, 0) is 0 Å². The molecule has 4 rings (SSSR count). The number of aromatic nitrogens is 5. The molecule has 3 aromatic rings. The maximum absolute atomic E-state index is 13.0. The number of aromatic amines is 2. The number of carbonyl (C=O) groups is 1.